The second-order valence-electron chi connectivity index (χ2n) is 4.05. The Hall–Kier alpha value is -2.56. The number of aromatic nitrogens is 3. The van der Waals surface area contributed by atoms with Gasteiger partial charge in [0.25, 0.3) is 0 Å². The number of anilines is 1. The molecule has 2 aromatic heterocycles. The van der Waals surface area contributed by atoms with Crippen molar-refractivity contribution in [1.29, 1.82) is 0 Å². The predicted molar refractivity (Wildman–Crippen MR) is 72.3 cm³/mol. The molecule has 0 aliphatic carbocycles. The lowest BCUT2D eigenvalue weighted by atomic mass is 10.1. The van der Waals surface area contributed by atoms with Crippen LogP contribution in [0.3, 0.4) is 0 Å². The topological polar surface area (TPSA) is 50.7 Å². The molecule has 3 rings (SSSR count). The van der Waals surface area contributed by atoms with E-state index in [-0.39, 0.29) is 0 Å². The lowest BCUT2D eigenvalue weighted by molar-refractivity contribution is 0.624. The van der Waals surface area contributed by atoms with Crippen molar-refractivity contribution in [2.75, 3.05) is 12.4 Å². The summed E-state index contributed by atoms with van der Waals surface area (Å²) >= 11 is 0. The van der Waals surface area contributed by atoms with E-state index < -0.39 is 5.82 Å². The highest BCUT2D eigenvalue weighted by Gasteiger charge is 2.13. The number of pyridine rings is 1. The van der Waals surface area contributed by atoms with Crippen molar-refractivity contribution in [2.24, 2.45) is 0 Å². The molecule has 4 nitrogen and oxygen atoms in total. The number of benzene rings is 1. The van der Waals surface area contributed by atoms with Gasteiger partial charge in [-0.05, 0) is 6.07 Å². The maximum atomic E-state index is 13.8. The maximum Gasteiger partial charge on any atom is 0.156 e. The molecule has 3 aromatic rings. The van der Waals surface area contributed by atoms with E-state index in [4.69, 9.17) is 0 Å². The van der Waals surface area contributed by atoms with Gasteiger partial charge in [0.1, 0.15) is 5.69 Å². The molecule has 2 heterocycles. The molecule has 1 aromatic carbocycles. The molecule has 0 unspecified atom stereocenters. The van der Waals surface area contributed by atoms with E-state index in [1.807, 2.05) is 24.3 Å². The average Bonchev–Trinajstić information content (AvgIpc) is 2.47. The van der Waals surface area contributed by atoms with Crippen molar-refractivity contribution in [3.8, 4) is 11.3 Å². The van der Waals surface area contributed by atoms with Crippen molar-refractivity contribution >= 4 is 16.6 Å². The molecule has 0 amide bonds. The minimum absolute atomic E-state index is 0.404. The molecular weight excluding hydrogens is 243 g/mol. The summed E-state index contributed by atoms with van der Waals surface area (Å²) in [5, 5.41) is 13.0. The van der Waals surface area contributed by atoms with Gasteiger partial charge in [-0.1, -0.05) is 24.3 Å². The summed E-state index contributed by atoms with van der Waals surface area (Å²) in [6, 6.07) is 9.24. The number of fused-ring (bicyclic) bond motifs is 1. The van der Waals surface area contributed by atoms with Crippen molar-refractivity contribution in [3.05, 3.63) is 48.5 Å². The highest BCUT2D eigenvalue weighted by molar-refractivity contribution is 5.99. The first-order valence-electron chi connectivity index (χ1n) is 5.84. The van der Waals surface area contributed by atoms with Crippen LogP contribution in [0.4, 0.5) is 10.2 Å². The first-order valence-corrected chi connectivity index (χ1v) is 5.84. The number of hydrogen-bond acceptors (Lipinski definition) is 4. The van der Waals surface area contributed by atoms with Gasteiger partial charge in [0.2, 0.25) is 0 Å². The Morgan fingerprint density at radius 2 is 1.84 bits per heavy atom. The molecule has 19 heavy (non-hydrogen) atoms. The lowest BCUT2D eigenvalue weighted by Crippen LogP contribution is -1.99. The molecule has 5 heteroatoms. The zero-order valence-corrected chi connectivity index (χ0v) is 10.3. The Morgan fingerprint density at radius 3 is 2.58 bits per heavy atom. The minimum Gasteiger partial charge on any atom is -0.371 e. The Labute approximate surface area is 109 Å². The van der Waals surface area contributed by atoms with E-state index in [1.165, 1.54) is 6.20 Å². The molecule has 0 spiro atoms. The predicted octanol–water partition coefficient (Wildman–Crippen LogP) is 2.87. The van der Waals surface area contributed by atoms with Crippen LogP contribution in [0.25, 0.3) is 22.0 Å². The minimum atomic E-state index is -0.404. The average molecular weight is 254 g/mol. The van der Waals surface area contributed by atoms with Crippen LogP contribution in [-0.4, -0.2) is 22.2 Å². The molecule has 1 N–H and O–H groups in total. The highest BCUT2D eigenvalue weighted by atomic mass is 19.1. The lowest BCUT2D eigenvalue weighted by Gasteiger charge is -2.09. The van der Waals surface area contributed by atoms with Crippen LogP contribution in [0, 0.1) is 5.82 Å². The molecule has 0 saturated carbocycles. The van der Waals surface area contributed by atoms with Gasteiger partial charge < -0.3 is 5.32 Å². The summed E-state index contributed by atoms with van der Waals surface area (Å²) in [5.41, 5.74) is 0.927. The normalized spacial score (nSPS) is 10.6. The van der Waals surface area contributed by atoms with Gasteiger partial charge in [-0.3, -0.25) is 4.98 Å². The van der Waals surface area contributed by atoms with Gasteiger partial charge in [-0.2, -0.15) is 0 Å². The van der Waals surface area contributed by atoms with Crippen LogP contribution < -0.4 is 5.32 Å². The van der Waals surface area contributed by atoms with Crippen LogP contribution in [0.5, 0.6) is 0 Å². The molecule has 0 bridgehead atoms. The first-order chi connectivity index (χ1) is 9.31. The third-order valence-corrected chi connectivity index (χ3v) is 2.95. The van der Waals surface area contributed by atoms with E-state index in [1.54, 1.807) is 19.3 Å². The van der Waals surface area contributed by atoms with Gasteiger partial charge in [0.15, 0.2) is 11.6 Å². The second-order valence-corrected chi connectivity index (χ2v) is 4.05. The number of halogens is 1. The molecule has 94 valence electrons. The van der Waals surface area contributed by atoms with E-state index in [0.717, 1.165) is 10.8 Å². The summed E-state index contributed by atoms with van der Waals surface area (Å²) in [6.07, 6.45) is 2.72. The molecule has 0 aliphatic rings. The monoisotopic (exact) mass is 254 g/mol. The van der Waals surface area contributed by atoms with Crippen molar-refractivity contribution in [3.63, 3.8) is 0 Å². The van der Waals surface area contributed by atoms with Crippen LogP contribution in [-0.2, 0) is 0 Å². The maximum absolute atomic E-state index is 13.8. The zero-order chi connectivity index (χ0) is 13.2. The van der Waals surface area contributed by atoms with E-state index >= 15 is 0 Å². The van der Waals surface area contributed by atoms with Crippen LogP contribution in [0.1, 0.15) is 0 Å². The van der Waals surface area contributed by atoms with Gasteiger partial charge in [-0.15, -0.1) is 10.2 Å². The Bertz CT molecular complexity index is 742. The third-order valence-electron chi connectivity index (χ3n) is 2.95. The molecular formula is C14H11FN4. The van der Waals surface area contributed by atoms with E-state index in [9.17, 15) is 4.39 Å². The van der Waals surface area contributed by atoms with Gasteiger partial charge in [0, 0.05) is 29.6 Å². The number of hydrogen-bond donors (Lipinski definition) is 1. The summed E-state index contributed by atoms with van der Waals surface area (Å²) < 4.78 is 13.8. The van der Waals surface area contributed by atoms with Crippen LogP contribution in [0.2, 0.25) is 0 Å². The second kappa shape index (κ2) is 4.61. The van der Waals surface area contributed by atoms with Crippen molar-refractivity contribution < 1.29 is 4.39 Å². The Morgan fingerprint density at radius 1 is 1.05 bits per heavy atom. The Balaban J connectivity index is 2.35. The number of rotatable bonds is 2. The molecule has 0 radical (unpaired) electrons. The highest BCUT2D eigenvalue weighted by Crippen LogP contribution is 2.30. The fraction of sp³-hybridized carbons (Fsp3) is 0.0714. The quantitative estimate of drug-likeness (QED) is 0.764. The largest absolute Gasteiger partial charge is 0.371 e. The van der Waals surface area contributed by atoms with Crippen LogP contribution >= 0.6 is 0 Å². The summed E-state index contributed by atoms with van der Waals surface area (Å²) in [6.45, 7) is 0. The van der Waals surface area contributed by atoms with Gasteiger partial charge in [-0.25, -0.2) is 4.39 Å². The smallest absolute Gasteiger partial charge is 0.156 e. The molecule has 0 atom stereocenters. The van der Waals surface area contributed by atoms with Crippen molar-refractivity contribution in [2.45, 2.75) is 0 Å². The molecule has 0 aliphatic heterocycles. The Kier molecular flexibility index (Phi) is 2.79. The summed E-state index contributed by atoms with van der Waals surface area (Å²) in [5.74, 6) is 0.271. The fourth-order valence-corrected chi connectivity index (χ4v) is 2.05. The van der Waals surface area contributed by atoms with E-state index in [2.05, 4.69) is 20.5 Å². The summed E-state index contributed by atoms with van der Waals surface area (Å²) in [4.78, 5) is 3.75. The molecule has 0 fully saturated rings. The first kappa shape index (κ1) is 11.5. The fourth-order valence-electron chi connectivity index (χ4n) is 2.05. The number of nitrogens with one attached hydrogen (secondary N) is 1. The van der Waals surface area contributed by atoms with Gasteiger partial charge in [0.05, 0.1) is 6.20 Å². The zero-order valence-electron chi connectivity index (χ0n) is 10.3. The standard InChI is InChI=1S/C14H11FN4/c1-16-14-10-5-3-2-4-9(10)13(18-19-14)11-6-7-17-8-12(11)15/h2-8H,1H3,(H,16,19). The summed E-state index contributed by atoms with van der Waals surface area (Å²) in [7, 11) is 1.78. The SMILES string of the molecule is CNc1nnc(-c2ccncc2F)c2ccccc12. The molecule has 0 saturated heterocycles. The van der Waals surface area contributed by atoms with Crippen molar-refractivity contribution in [1.82, 2.24) is 15.2 Å². The van der Waals surface area contributed by atoms with Crippen LogP contribution in [0.15, 0.2) is 42.7 Å². The third kappa shape index (κ3) is 1.89. The number of nitrogens with zero attached hydrogens (tertiary/aromatic N) is 3. The van der Waals surface area contributed by atoms with E-state index in [0.29, 0.717) is 17.1 Å². The van der Waals surface area contributed by atoms with Gasteiger partial charge >= 0.3 is 0 Å².